The van der Waals surface area contributed by atoms with Gasteiger partial charge in [0.1, 0.15) is 0 Å². The zero-order valence-corrected chi connectivity index (χ0v) is 16.8. The quantitative estimate of drug-likeness (QED) is 0.176. The summed E-state index contributed by atoms with van der Waals surface area (Å²) in [6, 6.07) is 0. The molecule has 0 aliphatic rings. The molecular formula is C14H40N4O4Ti. The van der Waals surface area contributed by atoms with E-state index in [1.165, 1.54) is 0 Å². The Hall–Kier alpha value is 0.394. The van der Waals surface area contributed by atoms with Gasteiger partial charge in [-0.15, -0.1) is 0 Å². The second-order valence-corrected chi connectivity index (χ2v) is 4.71. The zero-order chi connectivity index (χ0) is 18.2. The maximum atomic E-state index is 8.19. The molecule has 0 aromatic carbocycles. The number of nitrogens with one attached hydrogen (secondary N) is 2. The Morgan fingerprint density at radius 3 is 1.04 bits per heavy atom. The monoisotopic (exact) mass is 376 g/mol. The summed E-state index contributed by atoms with van der Waals surface area (Å²) in [5, 5.41) is 38.3. The van der Waals surface area contributed by atoms with E-state index in [1.807, 2.05) is 0 Å². The molecule has 0 aliphatic carbocycles. The van der Waals surface area contributed by atoms with Gasteiger partial charge in [-0.25, -0.2) is 0 Å². The van der Waals surface area contributed by atoms with Crippen molar-refractivity contribution in [3.63, 3.8) is 0 Å². The molecule has 8 nitrogen and oxygen atoms in total. The summed E-state index contributed by atoms with van der Waals surface area (Å²) in [7, 11) is 0. The summed E-state index contributed by atoms with van der Waals surface area (Å²) < 4.78 is 0. The summed E-state index contributed by atoms with van der Waals surface area (Å²) >= 11 is 0. The van der Waals surface area contributed by atoms with Gasteiger partial charge in [-0.1, -0.05) is 0 Å². The number of aliphatic hydroxyl groups is 4. The van der Waals surface area contributed by atoms with Gasteiger partial charge in [0.05, 0.1) is 13.2 Å². The van der Waals surface area contributed by atoms with E-state index in [2.05, 4.69) is 10.6 Å². The first-order valence-electron chi connectivity index (χ1n) is 7.69. The van der Waals surface area contributed by atoms with E-state index < -0.39 is 0 Å². The molecule has 0 amide bonds. The summed E-state index contributed by atoms with van der Waals surface area (Å²) in [4.78, 5) is 0. The normalized spacial score (nSPS) is 8.87. The van der Waals surface area contributed by atoms with Crippen LogP contribution < -0.4 is 22.1 Å². The number of nitrogens with two attached hydrogens (primary N) is 2. The fraction of sp³-hybridized carbons (Fsp3) is 1.00. The average molecular weight is 376 g/mol. The molecular weight excluding hydrogens is 336 g/mol. The third kappa shape index (κ3) is 132. The van der Waals surface area contributed by atoms with E-state index in [1.54, 1.807) is 27.7 Å². The Morgan fingerprint density at radius 2 is 0.913 bits per heavy atom. The zero-order valence-electron chi connectivity index (χ0n) is 15.3. The number of hydrogen-bond donors (Lipinski definition) is 8. The maximum Gasteiger partial charge on any atom is 0.0555 e. The molecule has 0 aromatic rings. The number of aliphatic hydroxyl groups excluding tert-OH is 4. The third-order valence-electron chi connectivity index (χ3n) is 1.22. The minimum absolute atomic E-state index is 0. The van der Waals surface area contributed by atoms with Crippen LogP contribution in [0.4, 0.5) is 0 Å². The van der Waals surface area contributed by atoms with E-state index >= 15 is 0 Å². The first-order chi connectivity index (χ1) is 10.3. The fourth-order valence-corrected chi connectivity index (χ4v) is 0.612. The van der Waals surface area contributed by atoms with Crippen LogP contribution in [0.3, 0.4) is 0 Å². The Labute approximate surface area is 156 Å². The molecule has 23 heavy (non-hydrogen) atoms. The molecule has 0 radical (unpaired) electrons. The van der Waals surface area contributed by atoms with Crippen LogP contribution in [0.25, 0.3) is 0 Å². The molecule has 0 fully saturated rings. The maximum absolute atomic E-state index is 8.19. The molecule has 0 atom stereocenters. The van der Waals surface area contributed by atoms with Crippen LogP contribution in [0.15, 0.2) is 0 Å². The first-order valence-corrected chi connectivity index (χ1v) is 7.69. The first kappa shape index (κ1) is 34.7. The van der Waals surface area contributed by atoms with Gasteiger partial charge < -0.3 is 42.5 Å². The average Bonchev–Trinajstić information content (AvgIpc) is 2.39. The van der Waals surface area contributed by atoms with Gasteiger partial charge in [-0.3, -0.25) is 0 Å². The van der Waals surface area contributed by atoms with Gasteiger partial charge >= 0.3 is 0 Å². The molecule has 0 saturated carbocycles. The molecule has 144 valence electrons. The predicted molar refractivity (Wildman–Crippen MR) is 92.7 cm³/mol. The largest absolute Gasteiger partial charge is 0.395 e. The molecule has 0 bridgehead atoms. The number of rotatable bonds is 8. The Bertz CT molecular complexity index is 129. The van der Waals surface area contributed by atoms with Crippen molar-refractivity contribution in [2.75, 3.05) is 52.5 Å². The molecule has 0 aromatic heterocycles. The van der Waals surface area contributed by atoms with Gasteiger partial charge in [0.25, 0.3) is 0 Å². The topological polar surface area (TPSA) is 157 Å². The Balaban J connectivity index is -0.0000000639. The molecule has 0 spiro atoms. The number of hydrogen-bond acceptors (Lipinski definition) is 8. The SMILES string of the molecule is CC(C)O.CC(C)O.NCCNCCO.NCCNCCO.[Ti]. The van der Waals surface area contributed by atoms with Gasteiger partial charge in [-0.05, 0) is 27.7 Å². The van der Waals surface area contributed by atoms with E-state index in [9.17, 15) is 0 Å². The Morgan fingerprint density at radius 1 is 0.696 bits per heavy atom. The van der Waals surface area contributed by atoms with E-state index in [4.69, 9.17) is 31.9 Å². The molecule has 9 heteroatoms. The fourth-order valence-electron chi connectivity index (χ4n) is 0.612. The standard InChI is InChI=1S/2C4H12N2O.2C3H8O.Ti/c2*5-1-2-6-3-4-7;2*1-3(2)4;/h2*6-7H,1-5H2;2*3-4H,1-2H3;. The van der Waals surface area contributed by atoms with Crippen molar-refractivity contribution in [3.05, 3.63) is 0 Å². The molecule has 0 heterocycles. The van der Waals surface area contributed by atoms with Crippen LogP contribution in [-0.2, 0) is 21.7 Å². The summed E-state index contributed by atoms with van der Waals surface area (Å²) in [6.45, 7) is 11.4. The summed E-state index contributed by atoms with van der Waals surface area (Å²) in [6.07, 6.45) is -0.333. The summed E-state index contributed by atoms with van der Waals surface area (Å²) in [5.74, 6) is 0. The van der Waals surface area contributed by atoms with E-state index in [0.717, 1.165) is 13.1 Å². The van der Waals surface area contributed by atoms with E-state index in [0.29, 0.717) is 26.2 Å². The van der Waals surface area contributed by atoms with Crippen LogP contribution in [0.5, 0.6) is 0 Å². The van der Waals surface area contributed by atoms with Crippen LogP contribution in [-0.4, -0.2) is 85.1 Å². The molecule has 0 rings (SSSR count). The smallest absolute Gasteiger partial charge is 0.0555 e. The molecule has 0 aliphatic heterocycles. The van der Waals surface area contributed by atoms with Gasteiger partial charge in [-0.2, -0.15) is 0 Å². The van der Waals surface area contributed by atoms with Crippen molar-refractivity contribution in [1.82, 2.24) is 10.6 Å². The van der Waals surface area contributed by atoms with Gasteiger partial charge in [0, 0.05) is 73.2 Å². The van der Waals surface area contributed by atoms with Crippen LogP contribution in [0, 0.1) is 0 Å². The third-order valence-corrected chi connectivity index (χ3v) is 1.22. The molecule has 0 unspecified atom stereocenters. The van der Waals surface area contributed by atoms with Gasteiger partial charge in [0.2, 0.25) is 0 Å². The molecule has 0 saturated heterocycles. The van der Waals surface area contributed by atoms with Crippen LogP contribution in [0.1, 0.15) is 27.7 Å². The minimum Gasteiger partial charge on any atom is -0.395 e. The summed E-state index contributed by atoms with van der Waals surface area (Å²) in [5.41, 5.74) is 10.3. The van der Waals surface area contributed by atoms with E-state index in [-0.39, 0.29) is 47.1 Å². The molecule has 10 N–H and O–H groups in total. The second kappa shape index (κ2) is 38.1. The predicted octanol–water partition coefficient (Wildman–Crippen LogP) is -2.17. The van der Waals surface area contributed by atoms with Crippen molar-refractivity contribution in [1.29, 1.82) is 0 Å². The minimum atomic E-state index is -0.167. The van der Waals surface area contributed by atoms with Gasteiger partial charge in [0.15, 0.2) is 0 Å². The van der Waals surface area contributed by atoms with Crippen molar-refractivity contribution in [2.24, 2.45) is 11.5 Å². The second-order valence-electron chi connectivity index (χ2n) is 4.71. The van der Waals surface area contributed by atoms with Crippen LogP contribution in [0.2, 0.25) is 0 Å². The van der Waals surface area contributed by atoms with Crippen LogP contribution >= 0.6 is 0 Å². The van der Waals surface area contributed by atoms with Crippen molar-refractivity contribution < 1.29 is 42.1 Å². The Kier molecular flexibility index (Phi) is 57.5. The van der Waals surface area contributed by atoms with Crippen molar-refractivity contribution in [3.8, 4) is 0 Å². The van der Waals surface area contributed by atoms with Crippen molar-refractivity contribution in [2.45, 2.75) is 39.9 Å². The van der Waals surface area contributed by atoms with Crippen molar-refractivity contribution >= 4 is 0 Å².